The Balaban J connectivity index is -0.000000365. The van der Waals surface area contributed by atoms with Gasteiger partial charge in [-0.05, 0) is 103 Å². The minimum Gasteiger partial charge on any atom is -0.464 e. The van der Waals surface area contributed by atoms with Gasteiger partial charge in [-0.3, -0.25) is 0 Å². The van der Waals surface area contributed by atoms with Gasteiger partial charge in [-0.1, -0.05) is 230 Å². The van der Waals surface area contributed by atoms with Crippen molar-refractivity contribution in [1.29, 1.82) is 0 Å². The van der Waals surface area contributed by atoms with Crippen LogP contribution in [0.25, 0.3) is 41.5 Å². The third-order valence-electron chi connectivity index (χ3n) is 8.95. The van der Waals surface area contributed by atoms with Crippen LogP contribution in [0, 0.1) is 0 Å². The topological polar surface area (TPSA) is 38.9 Å². The van der Waals surface area contributed by atoms with Crippen LogP contribution in [0.3, 0.4) is 0 Å². The van der Waals surface area contributed by atoms with Crippen LogP contribution in [0.15, 0.2) is 112 Å². The molecule has 8 aromatic rings. The van der Waals surface area contributed by atoms with Gasteiger partial charge < -0.3 is 4.42 Å². The number of para-hydroxylation sites is 1. The first-order valence-corrected chi connectivity index (χ1v) is 28.6. The molecule has 0 atom stereocenters. The lowest BCUT2D eigenvalue weighted by Crippen LogP contribution is -2.11. The first-order chi connectivity index (χ1) is 32.4. The maximum absolute atomic E-state index is 5.35. The summed E-state index contributed by atoms with van der Waals surface area (Å²) >= 11 is 5.23. The molecule has 0 bridgehead atoms. The first-order valence-electron chi connectivity index (χ1n) is 25.9. The minimum absolute atomic E-state index is 0.184. The van der Waals surface area contributed by atoms with Crippen molar-refractivity contribution in [2.45, 2.75) is 216 Å². The van der Waals surface area contributed by atoms with Gasteiger partial charge in [-0.2, -0.15) is 0 Å². The lowest BCUT2D eigenvalue weighted by atomic mass is 9.85. The van der Waals surface area contributed by atoms with E-state index in [1.165, 1.54) is 53.3 Å². The molecule has 68 heavy (non-hydrogen) atoms. The van der Waals surface area contributed by atoms with Crippen molar-refractivity contribution >= 4 is 75.5 Å². The highest BCUT2D eigenvalue weighted by Crippen LogP contribution is 2.34. The van der Waals surface area contributed by atoms with Gasteiger partial charge in [0.1, 0.15) is 10.4 Å². The van der Waals surface area contributed by atoms with Crippen molar-refractivity contribution in [2.75, 3.05) is 0 Å². The molecule has 0 aliphatic rings. The normalized spacial score (nSPS) is 10.1. The number of nitrogens with zero attached hydrogens (tertiary/aromatic N) is 2. The maximum atomic E-state index is 5.35. The van der Waals surface area contributed by atoms with E-state index < -0.39 is 0 Å². The number of fused-ring (bicyclic) bond motifs is 4. The van der Waals surface area contributed by atoms with E-state index in [0.29, 0.717) is 0 Å². The number of rotatable bonds is 0. The fraction of sp³-hybridized carbons (Fsp3) is 0.516. The maximum Gasteiger partial charge on any atom is 0.134 e. The zero-order valence-corrected chi connectivity index (χ0v) is 51.4. The molecule has 0 unspecified atom stereocenters. The number of pyridine rings is 1. The number of hydrogen-bond acceptors (Lipinski definition) is 6. The summed E-state index contributed by atoms with van der Waals surface area (Å²) in [6.45, 7) is 58.8. The molecular formula is C62H102N2OS3. The Morgan fingerprint density at radius 1 is 0.368 bits per heavy atom. The average Bonchev–Trinajstić information content (AvgIpc) is 4.21. The number of furan rings is 1. The molecule has 0 radical (unpaired) electrons. The van der Waals surface area contributed by atoms with Gasteiger partial charge in [0.2, 0.25) is 0 Å². The number of benzene rings is 3. The zero-order chi connectivity index (χ0) is 53.9. The summed E-state index contributed by atoms with van der Waals surface area (Å²) in [6.07, 6.45) is 3.65. The summed E-state index contributed by atoms with van der Waals surface area (Å²) in [5.74, 6) is 0. The fourth-order valence-electron chi connectivity index (χ4n) is 6.32. The molecular weight excluding hydrogens is 885 g/mol. The predicted molar refractivity (Wildman–Crippen MR) is 323 cm³/mol. The highest BCUT2D eigenvalue weighted by atomic mass is 32.1. The monoisotopic (exact) mass is 987 g/mol. The Morgan fingerprint density at radius 3 is 1.28 bits per heavy atom. The number of thiophene rings is 2. The minimum atomic E-state index is 0.184. The van der Waals surface area contributed by atoms with E-state index in [2.05, 4.69) is 164 Å². The highest BCUT2D eigenvalue weighted by molar-refractivity contribution is 7.17. The SMILES string of the molecule is CC.CC.CC.CC.CC.CC.CC.CC.CC(C)(C)c1cccc2occc12.CC(C)(C)c1cccc2sccc12.CC(C)(C)c1cccc2scnc12.CC(C)(C)c1ccnc2sccc12. The van der Waals surface area contributed by atoms with Crippen molar-refractivity contribution in [3.05, 3.63) is 130 Å². The number of hydrogen-bond donors (Lipinski definition) is 0. The molecule has 0 N–H and O–H groups in total. The van der Waals surface area contributed by atoms with Gasteiger partial charge in [-0.25, -0.2) is 9.97 Å². The standard InChI is InChI=1S/C12H14O.C12H14S.2C11H13NS.8C2H6/c2*1-12(2,3)10-5-4-6-11-9(10)7-8-13-11;1-11(2,3)9-4-6-12-10-8(9)5-7-13-10;1-11(2,3)8-5-4-6-9-10(8)12-7-13-9;8*1-2/h2*4-8H,1-3H3;2*4-7H,1-3H3;8*1-2H3. The van der Waals surface area contributed by atoms with Crippen molar-refractivity contribution in [2.24, 2.45) is 0 Å². The largest absolute Gasteiger partial charge is 0.464 e. The summed E-state index contributed by atoms with van der Waals surface area (Å²) in [5, 5.41) is 8.22. The predicted octanol–water partition coefficient (Wildman–Crippen LogP) is 23.3. The molecule has 0 amide bonds. The van der Waals surface area contributed by atoms with E-state index >= 15 is 0 Å². The number of thiazole rings is 1. The Hall–Kier alpha value is -3.84. The van der Waals surface area contributed by atoms with Crippen LogP contribution in [0.4, 0.5) is 0 Å². The third kappa shape index (κ3) is 23.2. The highest BCUT2D eigenvalue weighted by Gasteiger charge is 2.20. The van der Waals surface area contributed by atoms with Crippen molar-refractivity contribution in [1.82, 2.24) is 9.97 Å². The average molecular weight is 988 g/mol. The van der Waals surface area contributed by atoms with Crippen molar-refractivity contribution in [3.63, 3.8) is 0 Å². The van der Waals surface area contributed by atoms with E-state index in [9.17, 15) is 0 Å². The molecule has 0 aliphatic carbocycles. The van der Waals surface area contributed by atoms with E-state index in [1.54, 1.807) is 28.9 Å². The van der Waals surface area contributed by atoms with Gasteiger partial charge in [0.05, 0.1) is 22.0 Å². The van der Waals surface area contributed by atoms with Crippen molar-refractivity contribution in [3.8, 4) is 0 Å². The molecule has 5 aromatic heterocycles. The second-order valence-corrected chi connectivity index (χ2v) is 20.0. The molecule has 6 heteroatoms. The lowest BCUT2D eigenvalue weighted by Gasteiger charge is -2.19. The lowest BCUT2D eigenvalue weighted by molar-refractivity contribution is 0.592. The van der Waals surface area contributed by atoms with Gasteiger partial charge in [-0.15, -0.1) is 34.0 Å². The molecule has 0 saturated carbocycles. The smallest absolute Gasteiger partial charge is 0.134 e. The number of aromatic nitrogens is 2. The van der Waals surface area contributed by atoms with Crippen LogP contribution in [0.2, 0.25) is 0 Å². The second kappa shape index (κ2) is 38.0. The molecule has 0 fully saturated rings. The second-order valence-electron chi connectivity index (χ2n) is 17.3. The molecule has 8 rings (SSSR count). The fourth-order valence-corrected chi connectivity index (χ4v) is 8.59. The van der Waals surface area contributed by atoms with E-state index in [4.69, 9.17) is 4.42 Å². The van der Waals surface area contributed by atoms with Gasteiger partial charge in [0, 0.05) is 21.7 Å². The molecule has 0 saturated heterocycles. The van der Waals surface area contributed by atoms with Crippen LogP contribution in [0.1, 0.15) is 216 Å². The summed E-state index contributed by atoms with van der Waals surface area (Å²) in [7, 11) is 0. The molecule has 3 nitrogen and oxygen atoms in total. The molecule has 0 aliphatic heterocycles. The van der Waals surface area contributed by atoms with E-state index in [-0.39, 0.29) is 21.7 Å². The van der Waals surface area contributed by atoms with Crippen molar-refractivity contribution < 1.29 is 4.42 Å². The molecule has 3 aromatic carbocycles. The Morgan fingerprint density at radius 2 is 0.779 bits per heavy atom. The molecule has 0 spiro atoms. The molecule has 5 heterocycles. The quantitative estimate of drug-likeness (QED) is 0.152. The van der Waals surface area contributed by atoms with E-state index in [0.717, 1.165) is 10.4 Å². The molecule has 384 valence electrons. The Bertz CT molecular complexity index is 2030. The van der Waals surface area contributed by atoms with Gasteiger partial charge >= 0.3 is 0 Å². The Kier molecular flexibility index (Phi) is 39.5. The van der Waals surface area contributed by atoms with Gasteiger partial charge in [0.15, 0.2) is 0 Å². The van der Waals surface area contributed by atoms with Crippen LogP contribution in [0.5, 0.6) is 0 Å². The summed E-state index contributed by atoms with van der Waals surface area (Å²) in [5.41, 5.74) is 10.4. The summed E-state index contributed by atoms with van der Waals surface area (Å²) in [4.78, 5) is 9.88. The summed E-state index contributed by atoms with van der Waals surface area (Å²) < 4.78 is 8.03. The van der Waals surface area contributed by atoms with E-state index in [1.807, 2.05) is 152 Å². The summed E-state index contributed by atoms with van der Waals surface area (Å²) in [6, 6.07) is 27.7. The van der Waals surface area contributed by atoms with Crippen LogP contribution >= 0.6 is 34.0 Å². The van der Waals surface area contributed by atoms with Crippen LogP contribution in [-0.2, 0) is 21.7 Å². The zero-order valence-electron chi connectivity index (χ0n) is 48.9. The third-order valence-corrected chi connectivity index (χ3v) is 11.4. The van der Waals surface area contributed by atoms with Crippen LogP contribution in [-0.4, -0.2) is 9.97 Å². The first kappa shape index (κ1) is 70.7. The van der Waals surface area contributed by atoms with Crippen LogP contribution < -0.4 is 0 Å². The van der Waals surface area contributed by atoms with Gasteiger partial charge in [0.25, 0.3) is 0 Å². The Labute approximate surface area is 432 Å².